The van der Waals surface area contributed by atoms with Crippen molar-refractivity contribution in [1.82, 2.24) is 9.62 Å². The average molecular weight is 374 g/mol. The van der Waals surface area contributed by atoms with Crippen LogP contribution in [0.25, 0.3) is 0 Å². The number of hydrogen-bond donors (Lipinski definition) is 2. The summed E-state index contributed by atoms with van der Waals surface area (Å²) in [6.07, 6.45) is 2.71. The highest BCUT2D eigenvalue weighted by molar-refractivity contribution is 7.91. The van der Waals surface area contributed by atoms with Crippen LogP contribution in [-0.2, 0) is 14.8 Å². The smallest absolute Gasteiger partial charge is 0.250 e. The Morgan fingerprint density at radius 1 is 1.38 bits per heavy atom. The highest BCUT2D eigenvalue weighted by Gasteiger charge is 2.38. The fourth-order valence-corrected chi connectivity index (χ4v) is 5.47. The maximum Gasteiger partial charge on any atom is 0.250 e. The number of nitrogens with zero attached hydrogens (tertiary/aromatic N) is 1. The van der Waals surface area contributed by atoms with Crippen LogP contribution in [0.1, 0.15) is 39.5 Å². The van der Waals surface area contributed by atoms with Crippen molar-refractivity contribution in [3.8, 4) is 0 Å². The van der Waals surface area contributed by atoms with Crippen LogP contribution in [0.2, 0.25) is 0 Å². The molecule has 1 aliphatic rings. The molecule has 8 heteroatoms. The van der Waals surface area contributed by atoms with Crippen molar-refractivity contribution in [2.45, 2.75) is 49.8 Å². The Bertz CT molecular complexity index is 623. The first kappa shape index (κ1) is 19.4. The Hall–Kier alpha value is -0.960. The molecule has 1 amide bonds. The van der Waals surface area contributed by atoms with E-state index in [1.54, 1.807) is 17.5 Å². The molecule has 3 N–H and O–H groups in total. The van der Waals surface area contributed by atoms with E-state index in [9.17, 15) is 13.2 Å². The summed E-state index contributed by atoms with van der Waals surface area (Å²) in [7, 11) is -3.45. The normalized spacial score (nSPS) is 17.2. The molecular formula is C16H27N3O3S2. The number of piperidine rings is 1. The molecule has 1 aromatic heterocycles. The van der Waals surface area contributed by atoms with Crippen molar-refractivity contribution < 1.29 is 13.2 Å². The number of rotatable bonds is 7. The minimum Gasteiger partial charge on any atom is -0.342 e. The monoisotopic (exact) mass is 373 g/mol. The van der Waals surface area contributed by atoms with Crippen LogP contribution in [0.3, 0.4) is 0 Å². The van der Waals surface area contributed by atoms with Crippen molar-refractivity contribution in [1.29, 1.82) is 0 Å². The maximum atomic E-state index is 12.8. The van der Waals surface area contributed by atoms with E-state index in [1.165, 1.54) is 11.3 Å². The van der Waals surface area contributed by atoms with Gasteiger partial charge >= 0.3 is 0 Å². The predicted molar refractivity (Wildman–Crippen MR) is 96.3 cm³/mol. The SMILES string of the molecule is CCC(CC)(CN)C(=O)N1CCC(NS(=O)(=O)c2cccs2)CC1. The third-order valence-corrected chi connectivity index (χ3v) is 7.98. The summed E-state index contributed by atoms with van der Waals surface area (Å²) < 4.78 is 27.6. The van der Waals surface area contributed by atoms with Gasteiger partial charge in [-0.15, -0.1) is 11.3 Å². The number of sulfonamides is 1. The van der Waals surface area contributed by atoms with Crippen molar-refractivity contribution in [2.75, 3.05) is 19.6 Å². The van der Waals surface area contributed by atoms with E-state index in [-0.39, 0.29) is 11.9 Å². The predicted octanol–water partition coefficient (Wildman–Crippen LogP) is 1.78. The first-order valence-electron chi connectivity index (χ1n) is 8.44. The van der Waals surface area contributed by atoms with Crippen molar-refractivity contribution in [2.24, 2.45) is 11.1 Å². The van der Waals surface area contributed by atoms with Crippen LogP contribution in [0, 0.1) is 5.41 Å². The van der Waals surface area contributed by atoms with Gasteiger partial charge in [-0.05, 0) is 37.1 Å². The molecule has 6 nitrogen and oxygen atoms in total. The number of amides is 1. The molecular weight excluding hydrogens is 346 g/mol. The highest BCUT2D eigenvalue weighted by atomic mass is 32.2. The first-order valence-corrected chi connectivity index (χ1v) is 10.8. The van der Waals surface area contributed by atoms with Gasteiger partial charge in [-0.25, -0.2) is 13.1 Å². The van der Waals surface area contributed by atoms with E-state index in [4.69, 9.17) is 5.73 Å². The van der Waals surface area contributed by atoms with Crippen LogP contribution >= 0.6 is 11.3 Å². The molecule has 0 atom stereocenters. The molecule has 0 aromatic carbocycles. The Kier molecular flexibility index (Phi) is 6.41. The number of carbonyl (C=O) groups excluding carboxylic acids is 1. The van der Waals surface area contributed by atoms with Crippen LogP contribution in [0.15, 0.2) is 21.7 Å². The van der Waals surface area contributed by atoms with E-state index >= 15 is 0 Å². The van der Waals surface area contributed by atoms with Crippen LogP contribution in [0.4, 0.5) is 0 Å². The number of carbonyl (C=O) groups is 1. The molecule has 1 aromatic rings. The number of hydrogen-bond acceptors (Lipinski definition) is 5. The largest absolute Gasteiger partial charge is 0.342 e. The van der Waals surface area contributed by atoms with E-state index < -0.39 is 15.4 Å². The van der Waals surface area contributed by atoms with Crippen LogP contribution < -0.4 is 10.5 Å². The summed E-state index contributed by atoms with van der Waals surface area (Å²) in [5.41, 5.74) is 5.38. The summed E-state index contributed by atoms with van der Waals surface area (Å²) >= 11 is 1.21. The third-order valence-electron chi connectivity index (χ3n) is 5.06. The molecule has 136 valence electrons. The molecule has 1 saturated heterocycles. The Morgan fingerprint density at radius 2 is 2.00 bits per heavy atom. The van der Waals surface area contributed by atoms with Gasteiger partial charge in [0.2, 0.25) is 15.9 Å². The lowest BCUT2D eigenvalue weighted by Gasteiger charge is -2.39. The molecule has 0 bridgehead atoms. The van der Waals surface area contributed by atoms with Crippen molar-refractivity contribution in [3.63, 3.8) is 0 Å². The van der Waals surface area contributed by atoms with E-state index in [2.05, 4.69) is 4.72 Å². The molecule has 0 saturated carbocycles. The van der Waals surface area contributed by atoms with Gasteiger partial charge in [0.1, 0.15) is 4.21 Å². The van der Waals surface area contributed by atoms with Gasteiger partial charge in [0.15, 0.2) is 0 Å². The molecule has 0 unspecified atom stereocenters. The Balaban J connectivity index is 1.95. The zero-order valence-electron chi connectivity index (χ0n) is 14.3. The number of nitrogens with two attached hydrogens (primary N) is 1. The lowest BCUT2D eigenvalue weighted by molar-refractivity contribution is -0.143. The lowest BCUT2D eigenvalue weighted by Crippen LogP contribution is -2.52. The highest BCUT2D eigenvalue weighted by Crippen LogP contribution is 2.29. The number of likely N-dealkylation sites (tertiary alicyclic amines) is 1. The molecule has 1 aliphatic heterocycles. The van der Waals surface area contributed by atoms with Gasteiger partial charge in [-0.1, -0.05) is 19.9 Å². The fourth-order valence-electron chi connectivity index (χ4n) is 3.16. The van der Waals surface area contributed by atoms with Crippen LogP contribution in [0.5, 0.6) is 0 Å². The van der Waals surface area contributed by atoms with Gasteiger partial charge in [0.25, 0.3) is 0 Å². The minimum absolute atomic E-state index is 0.106. The second-order valence-corrected chi connectivity index (χ2v) is 9.20. The zero-order valence-corrected chi connectivity index (χ0v) is 16.0. The third kappa shape index (κ3) is 3.99. The summed E-state index contributed by atoms with van der Waals surface area (Å²) in [6, 6.07) is 3.20. The minimum atomic E-state index is -3.45. The summed E-state index contributed by atoms with van der Waals surface area (Å²) in [5.74, 6) is 0.106. The number of nitrogens with one attached hydrogen (secondary N) is 1. The summed E-state index contributed by atoms with van der Waals surface area (Å²) in [4.78, 5) is 14.6. The standard InChI is InChI=1S/C16H27N3O3S2/c1-3-16(4-2,12-17)15(20)19-9-7-13(8-10-19)18-24(21,22)14-6-5-11-23-14/h5-6,11,13,18H,3-4,7-10,12,17H2,1-2H3. The Morgan fingerprint density at radius 3 is 2.46 bits per heavy atom. The van der Waals surface area contributed by atoms with Crippen molar-refractivity contribution in [3.05, 3.63) is 17.5 Å². The number of thiophene rings is 1. The molecule has 24 heavy (non-hydrogen) atoms. The second-order valence-electron chi connectivity index (χ2n) is 6.31. The summed E-state index contributed by atoms with van der Waals surface area (Å²) in [6.45, 7) is 5.48. The van der Waals surface area contributed by atoms with E-state index in [0.29, 0.717) is 36.7 Å². The molecule has 2 rings (SSSR count). The van der Waals surface area contributed by atoms with Gasteiger partial charge in [-0.3, -0.25) is 4.79 Å². The fraction of sp³-hybridized carbons (Fsp3) is 0.688. The van der Waals surface area contributed by atoms with E-state index in [0.717, 1.165) is 12.8 Å². The molecule has 0 spiro atoms. The molecule has 1 fully saturated rings. The van der Waals surface area contributed by atoms with Crippen LogP contribution in [-0.4, -0.2) is 44.9 Å². The lowest BCUT2D eigenvalue weighted by atomic mass is 9.80. The molecule has 0 radical (unpaired) electrons. The van der Waals surface area contributed by atoms with Crippen molar-refractivity contribution >= 4 is 27.3 Å². The average Bonchev–Trinajstić information content (AvgIpc) is 3.13. The van der Waals surface area contributed by atoms with Gasteiger partial charge in [0.05, 0.1) is 5.41 Å². The second kappa shape index (κ2) is 7.95. The topological polar surface area (TPSA) is 92.5 Å². The van der Waals surface area contributed by atoms with Gasteiger partial charge in [0, 0.05) is 25.7 Å². The van der Waals surface area contributed by atoms with E-state index in [1.807, 2.05) is 18.7 Å². The van der Waals surface area contributed by atoms with Gasteiger partial charge in [-0.2, -0.15) is 0 Å². The molecule has 0 aliphatic carbocycles. The zero-order chi connectivity index (χ0) is 17.8. The summed E-state index contributed by atoms with van der Waals surface area (Å²) in [5, 5.41) is 1.75. The first-order chi connectivity index (χ1) is 11.4. The van der Waals surface area contributed by atoms with Gasteiger partial charge < -0.3 is 10.6 Å². The molecule has 2 heterocycles. The quantitative estimate of drug-likeness (QED) is 0.762. The maximum absolute atomic E-state index is 12.8. The Labute approximate surface area is 148 Å².